The van der Waals surface area contributed by atoms with E-state index in [2.05, 4.69) is 4.98 Å². The second kappa shape index (κ2) is 7.80. The minimum atomic E-state index is -1.03. The van der Waals surface area contributed by atoms with Crippen LogP contribution in [0.1, 0.15) is 26.0 Å². The minimum absolute atomic E-state index is 0.0204. The first-order chi connectivity index (χ1) is 15.7. The zero-order chi connectivity index (χ0) is 23.5. The normalized spacial score (nSPS) is 32.6. The number of carbonyl (C=O) groups excluding carboxylic acids is 2. The molecule has 1 amide bonds. The Labute approximate surface area is 192 Å². The minimum Gasteiger partial charge on any atom is -0.468 e. The van der Waals surface area contributed by atoms with E-state index in [0.717, 1.165) is 16.6 Å². The molecule has 4 heterocycles. The molecule has 9 heteroatoms. The number of hydroxylamine groups is 2. The number of rotatable bonds is 5. The maximum absolute atomic E-state index is 13.6. The Balaban J connectivity index is 1.65. The highest BCUT2D eigenvalue weighted by Gasteiger charge is 2.69. The molecule has 33 heavy (non-hydrogen) atoms. The third-order valence-corrected chi connectivity index (χ3v) is 7.41. The summed E-state index contributed by atoms with van der Waals surface area (Å²) in [7, 11) is 4.45. The van der Waals surface area contributed by atoms with Crippen molar-refractivity contribution in [2.75, 3.05) is 34.4 Å². The molecule has 4 unspecified atom stereocenters. The number of likely N-dealkylation sites (N-methyl/N-ethyl adjacent to an activating group) is 1. The van der Waals surface area contributed by atoms with E-state index in [1.54, 1.807) is 7.05 Å². The second-order valence-electron chi connectivity index (χ2n) is 9.71. The van der Waals surface area contributed by atoms with Crippen LogP contribution in [0.3, 0.4) is 0 Å². The largest absolute Gasteiger partial charge is 0.468 e. The van der Waals surface area contributed by atoms with Crippen LogP contribution in [-0.2, 0) is 34.1 Å². The number of fused-ring (bicyclic) bond motifs is 3. The summed E-state index contributed by atoms with van der Waals surface area (Å²) < 4.78 is 18.1. The van der Waals surface area contributed by atoms with Crippen molar-refractivity contribution in [2.24, 2.45) is 5.92 Å². The maximum Gasteiger partial charge on any atom is 0.319 e. The molecule has 1 aromatic carbocycles. The average Bonchev–Trinajstić information content (AvgIpc) is 3.38. The molecule has 1 aliphatic carbocycles. The van der Waals surface area contributed by atoms with Gasteiger partial charge in [0, 0.05) is 30.7 Å². The quantitative estimate of drug-likeness (QED) is 0.541. The molecule has 3 saturated heterocycles. The van der Waals surface area contributed by atoms with E-state index < -0.39 is 23.3 Å². The van der Waals surface area contributed by atoms with Crippen molar-refractivity contribution in [3.8, 4) is 0 Å². The van der Waals surface area contributed by atoms with E-state index in [1.165, 1.54) is 19.3 Å². The van der Waals surface area contributed by atoms with Crippen molar-refractivity contribution in [3.63, 3.8) is 0 Å². The third kappa shape index (κ3) is 3.37. The number of carbonyl (C=O) groups is 2. The number of para-hydroxylation sites is 1. The molecule has 178 valence electrons. The number of benzene rings is 1. The van der Waals surface area contributed by atoms with Crippen LogP contribution in [0.4, 0.5) is 0 Å². The van der Waals surface area contributed by atoms with E-state index in [4.69, 9.17) is 19.0 Å². The van der Waals surface area contributed by atoms with Gasteiger partial charge in [0.05, 0.1) is 32.9 Å². The number of aromatic nitrogens is 1. The summed E-state index contributed by atoms with van der Waals surface area (Å²) in [5.74, 6) is -1.34. The number of ether oxygens (including phenoxy) is 3. The monoisotopic (exact) mass is 457 g/mol. The third-order valence-electron chi connectivity index (χ3n) is 7.41. The molecule has 4 aliphatic rings. The zero-order valence-electron chi connectivity index (χ0n) is 19.7. The molecular formula is C24H31N3O6. The number of aromatic amines is 1. The van der Waals surface area contributed by atoms with Gasteiger partial charge in [0.2, 0.25) is 0 Å². The molecule has 2 aromatic rings. The van der Waals surface area contributed by atoms with Gasteiger partial charge in [0.25, 0.3) is 5.91 Å². The van der Waals surface area contributed by atoms with Crippen LogP contribution >= 0.6 is 0 Å². The summed E-state index contributed by atoms with van der Waals surface area (Å²) in [4.78, 5) is 37.1. The molecular weight excluding hydrogens is 426 g/mol. The van der Waals surface area contributed by atoms with Gasteiger partial charge in [-0.05, 0) is 37.8 Å². The van der Waals surface area contributed by atoms with Crippen LogP contribution in [-0.4, -0.2) is 85.2 Å². The molecule has 4 fully saturated rings. The maximum atomic E-state index is 13.6. The smallest absolute Gasteiger partial charge is 0.319 e. The predicted molar refractivity (Wildman–Crippen MR) is 119 cm³/mol. The molecule has 9 nitrogen and oxygen atoms in total. The van der Waals surface area contributed by atoms with Gasteiger partial charge in [-0.15, -0.1) is 0 Å². The van der Waals surface area contributed by atoms with Crippen molar-refractivity contribution >= 4 is 22.8 Å². The van der Waals surface area contributed by atoms with Gasteiger partial charge in [0.1, 0.15) is 11.5 Å². The van der Waals surface area contributed by atoms with Gasteiger partial charge in [-0.1, -0.05) is 18.2 Å². The Kier molecular flexibility index (Phi) is 5.28. The van der Waals surface area contributed by atoms with Gasteiger partial charge in [0.15, 0.2) is 5.79 Å². The van der Waals surface area contributed by atoms with Crippen LogP contribution in [0.15, 0.2) is 30.3 Å². The number of methoxy groups -OCH3 is 1. The highest BCUT2D eigenvalue weighted by Crippen LogP contribution is 2.55. The van der Waals surface area contributed by atoms with E-state index in [1.807, 2.05) is 49.1 Å². The van der Waals surface area contributed by atoms with E-state index in [9.17, 15) is 9.59 Å². The van der Waals surface area contributed by atoms with Gasteiger partial charge in [-0.3, -0.25) is 19.3 Å². The number of esters is 1. The van der Waals surface area contributed by atoms with Crippen LogP contribution < -0.4 is 0 Å². The number of nitrogens with zero attached hydrogens (tertiary/aromatic N) is 2. The lowest BCUT2D eigenvalue weighted by atomic mass is 9.58. The van der Waals surface area contributed by atoms with E-state index in [0.29, 0.717) is 13.0 Å². The van der Waals surface area contributed by atoms with Gasteiger partial charge in [-0.25, -0.2) is 5.06 Å². The van der Waals surface area contributed by atoms with Gasteiger partial charge < -0.3 is 19.2 Å². The standard InChI is InChI=1S/C24H31N3O6/c1-23(2)32-19-15-11-24(22(29)30-4,17-10-14-8-6-7-9-16(14)25-17)21(20(19)33-23)27(12-15)13-18(28)26(3)31-5/h6-10,15,19-21,25H,11-13H2,1-5H3/t15?,19?,20?,21?,24-/m0/s1. The molecule has 6 rings (SSSR count). The molecule has 0 spiro atoms. The molecule has 0 radical (unpaired) electrons. The number of amides is 1. The molecule has 3 aliphatic heterocycles. The van der Waals surface area contributed by atoms with Crippen molar-refractivity contribution in [2.45, 2.75) is 49.7 Å². The summed E-state index contributed by atoms with van der Waals surface area (Å²) in [6, 6.07) is 9.49. The van der Waals surface area contributed by atoms with Gasteiger partial charge >= 0.3 is 5.97 Å². The molecule has 1 N–H and O–H groups in total. The van der Waals surface area contributed by atoms with Crippen LogP contribution in [0, 0.1) is 5.92 Å². The Hall–Kier alpha value is -2.46. The first-order valence-corrected chi connectivity index (χ1v) is 11.3. The fourth-order valence-electron chi connectivity index (χ4n) is 6.08. The summed E-state index contributed by atoms with van der Waals surface area (Å²) in [5, 5.41) is 2.22. The number of hydrogen-bond donors (Lipinski definition) is 1. The second-order valence-corrected chi connectivity index (χ2v) is 9.71. The first kappa shape index (κ1) is 22.3. The van der Waals surface area contributed by atoms with Gasteiger partial charge in [-0.2, -0.15) is 0 Å². The fourth-order valence-corrected chi connectivity index (χ4v) is 6.08. The fraction of sp³-hybridized carbons (Fsp3) is 0.583. The van der Waals surface area contributed by atoms with E-state index in [-0.39, 0.29) is 30.4 Å². The zero-order valence-corrected chi connectivity index (χ0v) is 19.7. The van der Waals surface area contributed by atoms with E-state index >= 15 is 0 Å². The Bertz CT molecular complexity index is 1050. The summed E-state index contributed by atoms with van der Waals surface area (Å²) in [6.45, 7) is 4.49. The first-order valence-electron chi connectivity index (χ1n) is 11.3. The number of piperidine rings is 2. The van der Waals surface area contributed by atoms with Crippen molar-refractivity contribution in [3.05, 3.63) is 36.0 Å². The highest BCUT2D eigenvalue weighted by molar-refractivity contribution is 5.89. The lowest BCUT2D eigenvalue weighted by Gasteiger charge is -2.58. The van der Waals surface area contributed by atoms with Crippen LogP contribution in [0.25, 0.3) is 10.9 Å². The summed E-state index contributed by atoms with van der Waals surface area (Å²) in [5.41, 5.74) is 0.682. The SMILES string of the molecule is COC(=O)[C@]1(c2cc3ccccc3[nH]2)CC2CN(CC(=O)N(C)OC)C1C1OC(C)(C)OC21. The Morgan fingerprint density at radius 3 is 2.64 bits per heavy atom. The summed E-state index contributed by atoms with van der Waals surface area (Å²) in [6.07, 6.45) is 0.0000830. The van der Waals surface area contributed by atoms with Crippen molar-refractivity contribution in [1.29, 1.82) is 0 Å². The van der Waals surface area contributed by atoms with Crippen molar-refractivity contribution in [1.82, 2.24) is 14.9 Å². The predicted octanol–water partition coefficient (Wildman–Crippen LogP) is 1.82. The van der Waals surface area contributed by atoms with Crippen molar-refractivity contribution < 1.29 is 28.6 Å². The Morgan fingerprint density at radius 2 is 1.94 bits per heavy atom. The lowest BCUT2D eigenvalue weighted by molar-refractivity contribution is -0.185. The molecule has 1 saturated carbocycles. The lowest BCUT2D eigenvalue weighted by Crippen LogP contribution is -2.74. The number of hydrogen-bond acceptors (Lipinski definition) is 7. The highest BCUT2D eigenvalue weighted by atomic mass is 16.8. The molecule has 5 atom stereocenters. The average molecular weight is 458 g/mol. The number of H-pyrrole nitrogens is 1. The molecule has 2 bridgehead atoms. The molecule has 1 aromatic heterocycles. The number of nitrogens with one attached hydrogen (secondary N) is 1. The Morgan fingerprint density at radius 1 is 1.21 bits per heavy atom. The van der Waals surface area contributed by atoms with Crippen LogP contribution in [0.2, 0.25) is 0 Å². The summed E-state index contributed by atoms with van der Waals surface area (Å²) >= 11 is 0. The van der Waals surface area contributed by atoms with Crippen LogP contribution in [0.5, 0.6) is 0 Å². The topological polar surface area (TPSA) is 93.3 Å².